The number of benzene rings is 2. The van der Waals surface area contributed by atoms with Crippen molar-refractivity contribution in [2.75, 3.05) is 33.8 Å². The first-order valence-corrected chi connectivity index (χ1v) is 9.65. The summed E-state index contributed by atoms with van der Waals surface area (Å²) < 4.78 is 22.8. The van der Waals surface area contributed by atoms with E-state index >= 15 is 0 Å². The van der Waals surface area contributed by atoms with Gasteiger partial charge in [0, 0.05) is 23.5 Å². The Kier molecular flexibility index (Phi) is 6.39. The van der Waals surface area contributed by atoms with Gasteiger partial charge in [-0.15, -0.1) is 0 Å². The predicted octanol–water partition coefficient (Wildman–Crippen LogP) is 3.96. The minimum Gasteiger partial charge on any atom is -0.493 e. The Morgan fingerprint density at radius 3 is 2.03 bits per heavy atom. The van der Waals surface area contributed by atoms with Gasteiger partial charge in [0.2, 0.25) is 0 Å². The van der Waals surface area contributed by atoms with Crippen molar-refractivity contribution in [2.45, 2.75) is 19.4 Å². The number of methoxy groups -OCH3 is 4. The molecule has 2 aromatic carbocycles. The molecule has 0 atom stereocenters. The maximum Gasteiger partial charge on any atom is 0.251 e. The summed E-state index contributed by atoms with van der Waals surface area (Å²) in [5.41, 5.74) is 1.41. The maximum absolute atomic E-state index is 13.0. The summed E-state index contributed by atoms with van der Waals surface area (Å²) in [6.45, 7) is 3.60. The van der Waals surface area contributed by atoms with Crippen LogP contribution in [-0.4, -0.2) is 44.1 Å². The number of nitrogens with zero attached hydrogens (tertiary/aromatic N) is 2. The fourth-order valence-electron chi connectivity index (χ4n) is 3.10. The van der Waals surface area contributed by atoms with Gasteiger partial charge in [0.25, 0.3) is 5.91 Å². The van der Waals surface area contributed by atoms with Crippen LogP contribution >= 0.6 is 0 Å². The third-order valence-electron chi connectivity index (χ3n) is 5.07. The largest absolute Gasteiger partial charge is 0.493 e. The number of ether oxygens (including phenoxy) is 4. The molecule has 8 heteroatoms. The van der Waals surface area contributed by atoms with Crippen LogP contribution in [0.2, 0.25) is 0 Å². The summed E-state index contributed by atoms with van der Waals surface area (Å²) in [7, 11) is 6.29. The van der Waals surface area contributed by atoms with Gasteiger partial charge in [0.05, 0.1) is 34.6 Å². The number of amides is 1. The van der Waals surface area contributed by atoms with Crippen LogP contribution in [0.4, 0.5) is 5.69 Å². The summed E-state index contributed by atoms with van der Waals surface area (Å²) in [6, 6.07) is 10.8. The van der Waals surface area contributed by atoms with Gasteiger partial charge in [0.15, 0.2) is 23.0 Å². The van der Waals surface area contributed by atoms with E-state index in [0.29, 0.717) is 28.7 Å². The fourth-order valence-corrected chi connectivity index (χ4v) is 3.10. The zero-order valence-electron chi connectivity index (χ0n) is 18.6. The Balaban J connectivity index is 1.83. The van der Waals surface area contributed by atoms with Crippen molar-refractivity contribution in [3.8, 4) is 34.1 Å². The molecule has 0 saturated carbocycles. The number of hydrogen-bond donors (Lipinski definition) is 1. The summed E-state index contributed by atoms with van der Waals surface area (Å²) in [5, 5.41) is 7.34. The standard InChI is InChI=1S/C23H27N3O5/c1-23(2,22(27)25-17-8-10-19(29-4)21(12-17)31-6)26-14-16(13-24-26)15-7-9-18(28-3)20(11-15)30-5/h7-14H,1-6H3,(H,25,27). The molecule has 31 heavy (non-hydrogen) atoms. The van der Waals surface area contributed by atoms with Crippen molar-refractivity contribution >= 4 is 11.6 Å². The SMILES string of the molecule is COc1ccc(NC(=O)C(C)(C)n2cc(-c3ccc(OC)c(OC)c3)cn2)cc1OC. The summed E-state index contributed by atoms with van der Waals surface area (Å²) in [6.07, 6.45) is 3.54. The van der Waals surface area contributed by atoms with E-state index in [0.717, 1.165) is 11.1 Å². The van der Waals surface area contributed by atoms with Crippen LogP contribution in [0.3, 0.4) is 0 Å². The van der Waals surface area contributed by atoms with E-state index < -0.39 is 5.54 Å². The van der Waals surface area contributed by atoms with Crippen molar-refractivity contribution in [3.63, 3.8) is 0 Å². The highest BCUT2D eigenvalue weighted by molar-refractivity contribution is 5.96. The summed E-state index contributed by atoms with van der Waals surface area (Å²) in [5.74, 6) is 2.17. The van der Waals surface area contributed by atoms with E-state index in [-0.39, 0.29) is 5.91 Å². The smallest absolute Gasteiger partial charge is 0.251 e. The van der Waals surface area contributed by atoms with E-state index in [1.54, 1.807) is 71.4 Å². The number of rotatable bonds is 8. The van der Waals surface area contributed by atoms with Crippen molar-refractivity contribution < 1.29 is 23.7 Å². The van der Waals surface area contributed by atoms with Gasteiger partial charge in [-0.25, -0.2) is 0 Å². The molecule has 1 heterocycles. The van der Waals surface area contributed by atoms with E-state index in [1.165, 1.54) is 0 Å². The lowest BCUT2D eigenvalue weighted by Gasteiger charge is -2.24. The summed E-state index contributed by atoms with van der Waals surface area (Å²) >= 11 is 0. The highest BCUT2D eigenvalue weighted by atomic mass is 16.5. The highest BCUT2D eigenvalue weighted by Crippen LogP contribution is 2.33. The first-order valence-electron chi connectivity index (χ1n) is 9.65. The van der Waals surface area contributed by atoms with Crippen molar-refractivity contribution in [1.29, 1.82) is 0 Å². The second-order valence-corrected chi connectivity index (χ2v) is 7.33. The second kappa shape index (κ2) is 8.99. The van der Waals surface area contributed by atoms with Gasteiger partial charge in [0.1, 0.15) is 5.54 Å². The predicted molar refractivity (Wildman–Crippen MR) is 118 cm³/mol. The molecule has 3 rings (SSSR count). The van der Waals surface area contributed by atoms with Crippen LogP contribution < -0.4 is 24.3 Å². The molecule has 0 aliphatic carbocycles. The lowest BCUT2D eigenvalue weighted by molar-refractivity contribution is -0.123. The van der Waals surface area contributed by atoms with Gasteiger partial charge >= 0.3 is 0 Å². The third kappa shape index (κ3) is 4.42. The van der Waals surface area contributed by atoms with Crippen LogP contribution in [0, 0.1) is 0 Å². The molecule has 0 bridgehead atoms. The molecule has 1 N–H and O–H groups in total. The zero-order valence-corrected chi connectivity index (χ0v) is 18.6. The normalized spacial score (nSPS) is 11.0. The average Bonchev–Trinajstić information content (AvgIpc) is 3.29. The highest BCUT2D eigenvalue weighted by Gasteiger charge is 2.31. The van der Waals surface area contributed by atoms with Gasteiger partial charge in [-0.1, -0.05) is 6.07 Å². The summed E-state index contributed by atoms with van der Waals surface area (Å²) in [4.78, 5) is 13.0. The molecule has 164 valence electrons. The molecule has 0 aliphatic rings. The fraction of sp³-hybridized carbons (Fsp3) is 0.304. The third-order valence-corrected chi connectivity index (χ3v) is 5.07. The monoisotopic (exact) mass is 425 g/mol. The van der Waals surface area contributed by atoms with E-state index in [1.807, 2.05) is 24.4 Å². The first kappa shape index (κ1) is 22.0. The van der Waals surface area contributed by atoms with E-state index in [2.05, 4.69) is 10.4 Å². The van der Waals surface area contributed by atoms with Gasteiger partial charge < -0.3 is 24.3 Å². The zero-order chi connectivity index (χ0) is 22.6. The van der Waals surface area contributed by atoms with Crippen molar-refractivity contribution in [1.82, 2.24) is 9.78 Å². The Bertz CT molecular complexity index is 1070. The van der Waals surface area contributed by atoms with Crippen LogP contribution in [0.25, 0.3) is 11.1 Å². The molecule has 1 amide bonds. The number of anilines is 1. The van der Waals surface area contributed by atoms with Crippen LogP contribution in [0.15, 0.2) is 48.8 Å². The molecule has 8 nitrogen and oxygen atoms in total. The number of hydrogen-bond acceptors (Lipinski definition) is 6. The molecule has 0 spiro atoms. The topological polar surface area (TPSA) is 83.8 Å². The molecule has 0 unspecified atom stereocenters. The molecular weight excluding hydrogens is 398 g/mol. The lowest BCUT2D eigenvalue weighted by Crippen LogP contribution is -2.40. The average molecular weight is 425 g/mol. The van der Waals surface area contributed by atoms with Crippen molar-refractivity contribution in [3.05, 3.63) is 48.8 Å². The van der Waals surface area contributed by atoms with E-state index in [9.17, 15) is 4.79 Å². The Hall–Kier alpha value is -3.68. The number of carbonyl (C=O) groups excluding carboxylic acids is 1. The van der Waals surface area contributed by atoms with Crippen LogP contribution in [-0.2, 0) is 10.3 Å². The van der Waals surface area contributed by atoms with Crippen LogP contribution in [0.5, 0.6) is 23.0 Å². The molecular formula is C23H27N3O5. The van der Waals surface area contributed by atoms with Crippen LogP contribution in [0.1, 0.15) is 13.8 Å². The number of nitrogens with one attached hydrogen (secondary N) is 1. The first-order chi connectivity index (χ1) is 14.8. The Morgan fingerprint density at radius 1 is 0.839 bits per heavy atom. The Labute approximate surface area is 181 Å². The van der Waals surface area contributed by atoms with Gasteiger partial charge in [-0.2, -0.15) is 5.10 Å². The van der Waals surface area contributed by atoms with Crippen molar-refractivity contribution in [2.24, 2.45) is 0 Å². The molecule has 0 radical (unpaired) electrons. The molecule has 0 aliphatic heterocycles. The molecule has 1 aromatic heterocycles. The van der Waals surface area contributed by atoms with E-state index in [4.69, 9.17) is 18.9 Å². The van der Waals surface area contributed by atoms with Gasteiger partial charge in [-0.3, -0.25) is 9.48 Å². The number of carbonyl (C=O) groups is 1. The second-order valence-electron chi connectivity index (χ2n) is 7.33. The van der Waals surface area contributed by atoms with Gasteiger partial charge in [-0.05, 0) is 43.7 Å². The molecule has 0 saturated heterocycles. The minimum absolute atomic E-state index is 0.221. The molecule has 0 fully saturated rings. The molecule has 3 aromatic rings. The minimum atomic E-state index is -0.942. The quantitative estimate of drug-likeness (QED) is 0.588. The maximum atomic E-state index is 13.0. The Morgan fingerprint density at radius 2 is 1.42 bits per heavy atom. The lowest BCUT2D eigenvalue weighted by atomic mass is 10.0. The number of aromatic nitrogens is 2.